The van der Waals surface area contributed by atoms with E-state index in [9.17, 15) is 5.11 Å². The van der Waals surface area contributed by atoms with Crippen molar-refractivity contribution >= 4 is 5.82 Å². The Morgan fingerprint density at radius 3 is 2.13 bits per heavy atom. The number of aromatic nitrogens is 1. The van der Waals surface area contributed by atoms with Crippen molar-refractivity contribution in [3.8, 4) is 0 Å². The molecule has 1 aromatic heterocycles. The van der Waals surface area contributed by atoms with Crippen molar-refractivity contribution in [3.63, 3.8) is 0 Å². The molecule has 0 spiro atoms. The molecule has 3 heteroatoms. The summed E-state index contributed by atoms with van der Waals surface area (Å²) >= 11 is 0. The van der Waals surface area contributed by atoms with Gasteiger partial charge in [0.05, 0.1) is 0 Å². The van der Waals surface area contributed by atoms with E-state index in [1.54, 1.807) is 6.20 Å². The van der Waals surface area contributed by atoms with Gasteiger partial charge in [-0.15, -0.1) is 0 Å². The van der Waals surface area contributed by atoms with Crippen molar-refractivity contribution in [2.45, 2.75) is 12.6 Å². The minimum absolute atomic E-state index is 0.642. The first kappa shape index (κ1) is 15.3. The Hall–Kier alpha value is -2.65. The van der Waals surface area contributed by atoms with Gasteiger partial charge in [-0.05, 0) is 17.2 Å². The molecule has 3 aromatic rings. The lowest BCUT2D eigenvalue weighted by molar-refractivity contribution is 0.220. The third kappa shape index (κ3) is 3.76. The van der Waals surface area contributed by atoms with Crippen molar-refractivity contribution in [3.05, 3.63) is 95.7 Å². The van der Waals surface area contributed by atoms with Crippen molar-refractivity contribution in [1.29, 1.82) is 0 Å². The first-order chi connectivity index (χ1) is 11.2. The van der Waals surface area contributed by atoms with Crippen LogP contribution in [0.5, 0.6) is 0 Å². The predicted molar refractivity (Wildman–Crippen MR) is 93.3 cm³/mol. The molecule has 0 saturated heterocycles. The Balaban J connectivity index is 1.72. The van der Waals surface area contributed by atoms with Gasteiger partial charge in [0.2, 0.25) is 0 Å². The van der Waals surface area contributed by atoms with Crippen molar-refractivity contribution < 1.29 is 5.11 Å². The first-order valence-electron chi connectivity index (χ1n) is 7.68. The topological polar surface area (TPSA) is 36.4 Å². The fourth-order valence-corrected chi connectivity index (χ4v) is 2.55. The van der Waals surface area contributed by atoms with Gasteiger partial charge < -0.3 is 10.0 Å². The maximum absolute atomic E-state index is 10.4. The van der Waals surface area contributed by atoms with Crippen molar-refractivity contribution in [2.24, 2.45) is 0 Å². The normalized spacial score (nSPS) is 11.9. The van der Waals surface area contributed by atoms with E-state index in [0.29, 0.717) is 0 Å². The molecule has 1 unspecified atom stereocenters. The number of benzene rings is 2. The Labute approximate surface area is 136 Å². The molecule has 3 nitrogen and oxygen atoms in total. The highest BCUT2D eigenvalue weighted by Gasteiger charge is 2.11. The largest absolute Gasteiger partial charge is 0.384 e. The van der Waals surface area contributed by atoms with E-state index in [1.165, 1.54) is 5.56 Å². The summed E-state index contributed by atoms with van der Waals surface area (Å²) in [4.78, 5) is 6.58. The molecule has 0 radical (unpaired) electrons. The molecule has 23 heavy (non-hydrogen) atoms. The van der Waals surface area contributed by atoms with E-state index in [-0.39, 0.29) is 0 Å². The van der Waals surface area contributed by atoms with Gasteiger partial charge in [-0.2, -0.15) is 0 Å². The van der Waals surface area contributed by atoms with Crippen LogP contribution in [0.4, 0.5) is 5.82 Å². The zero-order valence-electron chi connectivity index (χ0n) is 13.1. The Morgan fingerprint density at radius 1 is 0.870 bits per heavy atom. The second-order valence-corrected chi connectivity index (χ2v) is 5.60. The average molecular weight is 304 g/mol. The fraction of sp³-hybridized carbons (Fsp3) is 0.150. The minimum atomic E-state index is -0.642. The molecule has 0 amide bonds. The number of nitrogens with zero attached hydrogens (tertiary/aromatic N) is 2. The molecule has 0 aliphatic rings. The lowest BCUT2D eigenvalue weighted by Gasteiger charge is -2.19. The molecule has 1 heterocycles. The van der Waals surface area contributed by atoms with Crippen LogP contribution in [0.2, 0.25) is 0 Å². The summed E-state index contributed by atoms with van der Waals surface area (Å²) in [6, 6.07) is 23.8. The number of aliphatic hydroxyl groups excluding tert-OH is 1. The van der Waals surface area contributed by atoms with Crippen LogP contribution in [-0.2, 0) is 6.54 Å². The van der Waals surface area contributed by atoms with E-state index in [0.717, 1.165) is 23.5 Å². The fourth-order valence-electron chi connectivity index (χ4n) is 2.55. The van der Waals surface area contributed by atoms with Gasteiger partial charge in [-0.3, -0.25) is 0 Å². The quantitative estimate of drug-likeness (QED) is 0.779. The molecule has 0 aliphatic carbocycles. The first-order valence-corrected chi connectivity index (χ1v) is 7.68. The zero-order valence-corrected chi connectivity index (χ0v) is 13.1. The van der Waals surface area contributed by atoms with Crippen molar-refractivity contribution in [2.75, 3.05) is 11.9 Å². The molecule has 0 aliphatic heterocycles. The van der Waals surface area contributed by atoms with Gasteiger partial charge >= 0.3 is 0 Å². The molecule has 0 fully saturated rings. The van der Waals surface area contributed by atoms with Gasteiger partial charge in [-0.25, -0.2) is 4.98 Å². The van der Waals surface area contributed by atoms with Gasteiger partial charge in [0, 0.05) is 25.4 Å². The Kier molecular flexibility index (Phi) is 4.69. The Bertz CT molecular complexity index is 727. The summed E-state index contributed by atoms with van der Waals surface area (Å²) in [6.07, 6.45) is 1.10. The van der Waals surface area contributed by atoms with Crippen LogP contribution in [0, 0.1) is 0 Å². The second kappa shape index (κ2) is 7.07. The van der Waals surface area contributed by atoms with Crippen LogP contribution in [0.25, 0.3) is 0 Å². The van der Waals surface area contributed by atoms with E-state index in [2.05, 4.69) is 22.0 Å². The third-order valence-corrected chi connectivity index (χ3v) is 3.86. The smallest absolute Gasteiger partial charge is 0.128 e. The summed E-state index contributed by atoms with van der Waals surface area (Å²) in [5, 5.41) is 10.4. The van der Waals surface area contributed by atoms with Crippen molar-refractivity contribution in [1.82, 2.24) is 4.98 Å². The highest BCUT2D eigenvalue weighted by molar-refractivity contribution is 5.41. The van der Waals surface area contributed by atoms with E-state index in [1.807, 2.05) is 67.7 Å². The molecule has 0 bridgehead atoms. The average Bonchev–Trinajstić information content (AvgIpc) is 2.63. The standard InChI is InChI=1S/C20H20N2O/c1-22(15-16-8-4-2-5-9-16)19-13-12-18(14-21-19)20(23)17-10-6-3-7-11-17/h2-14,20,23H,15H2,1H3. The lowest BCUT2D eigenvalue weighted by Crippen LogP contribution is -2.17. The van der Waals surface area contributed by atoms with Gasteiger partial charge in [0.1, 0.15) is 11.9 Å². The highest BCUT2D eigenvalue weighted by atomic mass is 16.3. The molecule has 1 N–H and O–H groups in total. The molecule has 1 atom stereocenters. The van der Waals surface area contributed by atoms with Crippen LogP contribution in [0.15, 0.2) is 79.0 Å². The monoisotopic (exact) mass is 304 g/mol. The SMILES string of the molecule is CN(Cc1ccccc1)c1ccc(C(O)c2ccccc2)cn1. The van der Waals surface area contributed by atoms with Crippen LogP contribution in [-0.4, -0.2) is 17.1 Å². The highest BCUT2D eigenvalue weighted by Crippen LogP contribution is 2.22. The third-order valence-electron chi connectivity index (χ3n) is 3.86. The summed E-state index contributed by atoms with van der Waals surface area (Å²) in [7, 11) is 2.02. The molecular formula is C20H20N2O. The summed E-state index contributed by atoms with van der Waals surface area (Å²) in [5.41, 5.74) is 2.91. The van der Waals surface area contributed by atoms with E-state index < -0.39 is 6.10 Å². The van der Waals surface area contributed by atoms with Crippen LogP contribution >= 0.6 is 0 Å². The van der Waals surface area contributed by atoms with Crippen LogP contribution in [0.3, 0.4) is 0 Å². The summed E-state index contributed by atoms with van der Waals surface area (Å²) in [5.74, 6) is 0.887. The number of hydrogen-bond donors (Lipinski definition) is 1. The van der Waals surface area contributed by atoms with Crippen LogP contribution < -0.4 is 4.90 Å². The summed E-state index contributed by atoms with van der Waals surface area (Å²) in [6.45, 7) is 0.800. The number of aliphatic hydroxyl groups is 1. The summed E-state index contributed by atoms with van der Waals surface area (Å²) < 4.78 is 0. The van der Waals surface area contributed by atoms with Gasteiger partial charge in [0.15, 0.2) is 0 Å². The molecule has 3 rings (SSSR count). The number of pyridine rings is 1. The molecule has 2 aromatic carbocycles. The number of rotatable bonds is 5. The second-order valence-electron chi connectivity index (χ2n) is 5.60. The zero-order chi connectivity index (χ0) is 16.1. The number of hydrogen-bond acceptors (Lipinski definition) is 3. The predicted octanol–water partition coefficient (Wildman–Crippen LogP) is 3.80. The molecule has 116 valence electrons. The minimum Gasteiger partial charge on any atom is -0.384 e. The van der Waals surface area contributed by atoms with Gasteiger partial charge in [-0.1, -0.05) is 66.7 Å². The maximum atomic E-state index is 10.4. The van der Waals surface area contributed by atoms with Gasteiger partial charge in [0.25, 0.3) is 0 Å². The maximum Gasteiger partial charge on any atom is 0.128 e. The van der Waals surface area contributed by atoms with E-state index >= 15 is 0 Å². The Morgan fingerprint density at radius 2 is 1.52 bits per heavy atom. The van der Waals surface area contributed by atoms with Crippen LogP contribution in [0.1, 0.15) is 22.8 Å². The lowest BCUT2D eigenvalue weighted by atomic mass is 10.0. The molecule has 0 saturated carbocycles. The number of anilines is 1. The molecular weight excluding hydrogens is 284 g/mol. The van der Waals surface area contributed by atoms with E-state index in [4.69, 9.17) is 0 Å².